The fourth-order valence-electron chi connectivity index (χ4n) is 2.23. The molecule has 3 rings (SSSR count). The Labute approximate surface area is 119 Å². The van der Waals surface area contributed by atoms with Crippen LogP contribution in [0.25, 0.3) is 10.1 Å². The third-order valence-corrected chi connectivity index (χ3v) is 5.50. The first-order chi connectivity index (χ1) is 9.25. The second-order valence-electron chi connectivity index (χ2n) is 4.58. The molecule has 1 saturated heterocycles. The molecule has 1 aliphatic heterocycles. The van der Waals surface area contributed by atoms with Crippen LogP contribution in [0.5, 0.6) is 0 Å². The van der Waals surface area contributed by atoms with E-state index >= 15 is 0 Å². The van der Waals surface area contributed by atoms with E-state index in [1.807, 2.05) is 17.8 Å². The molecule has 0 aliphatic carbocycles. The van der Waals surface area contributed by atoms with Crippen molar-refractivity contribution < 1.29 is 4.79 Å². The van der Waals surface area contributed by atoms with Crippen LogP contribution in [0.1, 0.15) is 22.5 Å². The Morgan fingerprint density at radius 2 is 2.21 bits per heavy atom. The van der Waals surface area contributed by atoms with Crippen molar-refractivity contribution in [3.63, 3.8) is 0 Å². The molecule has 4 nitrogen and oxygen atoms in total. The maximum absolute atomic E-state index is 12.3. The third-order valence-electron chi connectivity index (χ3n) is 3.29. The lowest BCUT2D eigenvalue weighted by atomic mass is 10.1. The molecule has 1 amide bonds. The average molecular weight is 293 g/mol. The zero-order chi connectivity index (χ0) is 13.2. The van der Waals surface area contributed by atoms with E-state index in [1.54, 1.807) is 12.4 Å². The predicted molar refractivity (Wildman–Crippen MR) is 81.8 cm³/mol. The number of thiophene rings is 1. The minimum Gasteiger partial charge on any atom is -0.397 e. The molecule has 2 aromatic rings. The van der Waals surface area contributed by atoms with Gasteiger partial charge in [-0.2, -0.15) is 11.8 Å². The van der Waals surface area contributed by atoms with Crippen LogP contribution in [-0.4, -0.2) is 28.4 Å². The Bertz CT molecular complexity index is 605. The van der Waals surface area contributed by atoms with Crippen molar-refractivity contribution in [3.05, 3.63) is 23.3 Å². The summed E-state index contributed by atoms with van der Waals surface area (Å²) in [6.07, 6.45) is 5.54. The van der Waals surface area contributed by atoms with E-state index in [0.29, 0.717) is 10.6 Å². The number of hydrogen-bond donors (Lipinski definition) is 2. The van der Waals surface area contributed by atoms with Crippen molar-refractivity contribution in [2.24, 2.45) is 0 Å². The quantitative estimate of drug-likeness (QED) is 0.892. The summed E-state index contributed by atoms with van der Waals surface area (Å²) >= 11 is 3.36. The second kappa shape index (κ2) is 5.38. The summed E-state index contributed by atoms with van der Waals surface area (Å²) in [5.74, 6) is 2.20. The Hall–Kier alpha value is -1.27. The molecule has 1 aliphatic rings. The van der Waals surface area contributed by atoms with E-state index in [2.05, 4.69) is 10.3 Å². The highest BCUT2D eigenvalue weighted by Crippen LogP contribution is 2.33. The maximum Gasteiger partial charge on any atom is 0.263 e. The number of carbonyl (C=O) groups is 1. The van der Waals surface area contributed by atoms with Crippen LogP contribution in [-0.2, 0) is 0 Å². The smallest absolute Gasteiger partial charge is 0.263 e. The number of nitrogen functional groups attached to an aromatic ring is 1. The Morgan fingerprint density at radius 3 is 2.95 bits per heavy atom. The summed E-state index contributed by atoms with van der Waals surface area (Å²) in [6, 6.07) is 2.14. The van der Waals surface area contributed by atoms with Gasteiger partial charge in [0, 0.05) is 23.8 Å². The van der Waals surface area contributed by atoms with Crippen molar-refractivity contribution in [1.29, 1.82) is 0 Å². The number of nitrogens with one attached hydrogen (secondary N) is 1. The number of hydrogen-bond acceptors (Lipinski definition) is 5. The highest BCUT2D eigenvalue weighted by Gasteiger charge is 2.21. The van der Waals surface area contributed by atoms with Gasteiger partial charge in [-0.3, -0.25) is 9.78 Å². The van der Waals surface area contributed by atoms with Gasteiger partial charge in [-0.25, -0.2) is 0 Å². The van der Waals surface area contributed by atoms with Crippen molar-refractivity contribution in [3.8, 4) is 0 Å². The number of thioether (sulfide) groups is 1. The molecular weight excluding hydrogens is 278 g/mol. The number of rotatable bonds is 2. The molecule has 100 valence electrons. The highest BCUT2D eigenvalue weighted by atomic mass is 32.2. The van der Waals surface area contributed by atoms with E-state index in [9.17, 15) is 4.79 Å². The summed E-state index contributed by atoms with van der Waals surface area (Å²) in [6.45, 7) is 0. The van der Waals surface area contributed by atoms with Crippen LogP contribution in [0, 0.1) is 0 Å². The minimum atomic E-state index is -0.0457. The van der Waals surface area contributed by atoms with Gasteiger partial charge in [-0.1, -0.05) is 0 Å². The zero-order valence-electron chi connectivity index (χ0n) is 10.4. The van der Waals surface area contributed by atoms with Crippen molar-refractivity contribution >= 4 is 44.8 Å². The number of amides is 1. The normalized spacial score (nSPS) is 16.6. The predicted octanol–water partition coefficient (Wildman–Crippen LogP) is 2.50. The summed E-state index contributed by atoms with van der Waals surface area (Å²) in [5.41, 5.74) is 6.64. The van der Waals surface area contributed by atoms with E-state index in [0.717, 1.165) is 34.4 Å². The Kier molecular flexibility index (Phi) is 3.61. The van der Waals surface area contributed by atoms with Gasteiger partial charge in [0.15, 0.2) is 0 Å². The van der Waals surface area contributed by atoms with Crippen LogP contribution in [0.3, 0.4) is 0 Å². The summed E-state index contributed by atoms with van der Waals surface area (Å²) < 4.78 is 0.962. The standard InChI is InChI=1S/C13H15N3OS2/c14-11-9-1-4-15-7-10(9)19-12(11)13(17)16-8-2-5-18-6-3-8/h1,4,7-8H,2-3,5-6,14H2,(H,16,17). The first kappa shape index (κ1) is 12.7. The first-order valence-electron chi connectivity index (χ1n) is 6.26. The van der Waals surface area contributed by atoms with E-state index in [4.69, 9.17) is 5.73 Å². The monoisotopic (exact) mass is 293 g/mol. The van der Waals surface area contributed by atoms with Gasteiger partial charge in [0.1, 0.15) is 4.88 Å². The molecule has 19 heavy (non-hydrogen) atoms. The molecular formula is C13H15N3OS2. The molecule has 0 spiro atoms. The lowest BCUT2D eigenvalue weighted by Crippen LogP contribution is -2.37. The van der Waals surface area contributed by atoms with Gasteiger partial charge in [-0.05, 0) is 30.4 Å². The van der Waals surface area contributed by atoms with Crippen LogP contribution < -0.4 is 11.1 Å². The van der Waals surface area contributed by atoms with Gasteiger partial charge >= 0.3 is 0 Å². The van der Waals surface area contributed by atoms with Crippen LogP contribution in [0.2, 0.25) is 0 Å². The maximum atomic E-state index is 12.3. The molecule has 3 heterocycles. The topological polar surface area (TPSA) is 68.0 Å². The van der Waals surface area contributed by atoms with Crippen LogP contribution >= 0.6 is 23.1 Å². The number of anilines is 1. The van der Waals surface area contributed by atoms with Crippen molar-refractivity contribution in [1.82, 2.24) is 10.3 Å². The molecule has 0 radical (unpaired) electrons. The molecule has 0 atom stereocenters. The largest absolute Gasteiger partial charge is 0.397 e. The highest BCUT2D eigenvalue weighted by molar-refractivity contribution is 7.99. The molecule has 3 N–H and O–H groups in total. The molecule has 2 aromatic heterocycles. The number of fused-ring (bicyclic) bond motifs is 1. The number of aromatic nitrogens is 1. The van der Waals surface area contributed by atoms with Gasteiger partial charge in [-0.15, -0.1) is 11.3 Å². The number of carbonyl (C=O) groups excluding carboxylic acids is 1. The number of nitrogens with zero attached hydrogens (tertiary/aromatic N) is 1. The SMILES string of the molecule is Nc1c(C(=O)NC2CCSCC2)sc2cnccc12. The third kappa shape index (κ3) is 2.55. The van der Waals surface area contributed by atoms with Crippen molar-refractivity contribution in [2.75, 3.05) is 17.2 Å². The number of pyridine rings is 1. The second-order valence-corrected chi connectivity index (χ2v) is 6.85. The van der Waals surface area contributed by atoms with E-state index in [-0.39, 0.29) is 11.9 Å². The van der Waals surface area contributed by atoms with Gasteiger partial charge < -0.3 is 11.1 Å². The van der Waals surface area contributed by atoms with Crippen LogP contribution in [0.15, 0.2) is 18.5 Å². The van der Waals surface area contributed by atoms with Crippen molar-refractivity contribution in [2.45, 2.75) is 18.9 Å². The lowest BCUT2D eigenvalue weighted by molar-refractivity contribution is 0.0940. The summed E-state index contributed by atoms with van der Waals surface area (Å²) in [5, 5.41) is 4.02. The van der Waals surface area contributed by atoms with E-state index in [1.165, 1.54) is 11.3 Å². The van der Waals surface area contributed by atoms with Gasteiger partial charge in [0.25, 0.3) is 5.91 Å². The molecule has 0 bridgehead atoms. The molecule has 0 saturated carbocycles. The molecule has 0 unspecified atom stereocenters. The molecule has 0 aromatic carbocycles. The molecule has 6 heteroatoms. The zero-order valence-corrected chi connectivity index (χ0v) is 12.0. The van der Waals surface area contributed by atoms with Gasteiger partial charge in [0.2, 0.25) is 0 Å². The number of nitrogens with two attached hydrogens (primary N) is 1. The first-order valence-corrected chi connectivity index (χ1v) is 8.23. The average Bonchev–Trinajstić information content (AvgIpc) is 2.78. The molecule has 1 fully saturated rings. The summed E-state index contributed by atoms with van der Waals surface area (Å²) in [7, 11) is 0. The summed E-state index contributed by atoms with van der Waals surface area (Å²) in [4.78, 5) is 17.0. The fourth-order valence-corrected chi connectivity index (χ4v) is 4.33. The van der Waals surface area contributed by atoms with Gasteiger partial charge in [0.05, 0.1) is 10.4 Å². The van der Waals surface area contributed by atoms with E-state index < -0.39 is 0 Å². The Balaban J connectivity index is 1.83. The fraction of sp³-hybridized carbons (Fsp3) is 0.385. The minimum absolute atomic E-state index is 0.0457. The Morgan fingerprint density at radius 1 is 1.42 bits per heavy atom. The lowest BCUT2D eigenvalue weighted by Gasteiger charge is -2.22. The van der Waals surface area contributed by atoms with Crippen LogP contribution in [0.4, 0.5) is 5.69 Å².